The molecule has 2 aromatic rings. The molecule has 6 heteroatoms. The van der Waals surface area contributed by atoms with E-state index in [1.165, 1.54) is 6.07 Å². The van der Waals surface area contributed by atoms with Crippen LogP contribution in [0, 0.1) is 0 Å². The molecule has 1 saturated heterocycles. The predicted octanol–water partition coefficient (Wildman–Crippen LogP) is 1.57. The number of amides is 1. The lowest BCUT2D eigenvalue weighted by atomic mass is 10.0. The zero-order valence-corrected chi connectivity index (χ0v) is 11.5. The van der Waals surface area contributed by atoms with Crippen LogP contribution in [0.15, 0.2) is 29.1 Å². The Kier molecular flexibility index (Phi) is 3.29. The molecule has 1 amide bonds. The molecule has 0 saturated carbocycles. The first-order valence-electron chi connectivity index (χ1n) is 6.96. The number of likely N-dealkylation sites (tertiary alicyclic amines) is 1. The molecular formula is C15H16N2O4. The zero-order chi connectivity index (χ0) is 15.0. The number of rotatable bonds is 1. The highest BCUT2D eigenvalue weighted by Crippen LogP contribution is 2.26. The second-order valence-corrected chi connectivity index (χ2v) is 5.21. The Morgan fingerprint density at radius 1 is 1.05 bits per heavy atom. The molecule has 0 radical (unpaired) electrons. The summed E-state index contributed by atoms with van der Waals surface area (Å²) in [5, 5.41) is 20.3. The standard InChI is InChI=1S/C15H16N2O4/c18-13-11-7-3-2-6-10(11)12(15(20)17(13)21)14(19)16-8-4-1-5-9-16/h2-3,6-7,20-21H,1,4-5,8-9H2. The summed E-state index contributed by atoms with van der Waals surface area (Å²) < 4.78 is 0.138. The van der Waals surface area contributed by atoms with E-state index in [2.05, 4.69) is 0 Å². The summed E-state index contributed by atoms with van der Waals surface area (Å²) in [6, 6.07) is 6.47. The van der Waals surface area contributed by atoms with Gasteiger partial charge in [-0.05, 0) is 25.3 Å². The van der Waals surface area contributed by atoms with Gasteiger partial charge in [-0.25, -0.2) is 0 Å². The van der Waals surface area contributed by atoms with Crippen LogP contribution in [-0.2, 0) is 0 Å². The van der Waals surface area contributed by atoms with Gasteiger partial charge in [0.1, 0.15) is 5.56 Å². The molecule has 1 aromatic heterocycles. The minimum atomic E-state index is -0.738. The lowest BCUT2D eigenvalue weighted by Gasteiger charge is -2.27. The number of aromatic hydroxyl groups is 1. The molecule has 2 N–H and O–H groups in total. The number of pyridine rings is 1. The van der Waals surface area contributed by atoms with Gasteiger partial charge < -0.3 is 15.2 Å². The number of benzene rings is 1. The maximum atomic E-state index is 12.6. The molecule has 0 bridgehead atoms. The molecule has 1 fully saturated rings. The molecule has 3 rings (SSSR count). The summed E-state index contributed by atoms with van der Waals surface area (Å²) in [6.45, 7) is 1.24. The summed E-state index contributed by atoms with van der Waals surface area (Å²) in [5.41, 5.74) is -0.757. The minimum Gasteiger partial charge on any atom is -0.492 e. The summed E-state index contributed by atoms with van der Waals surface area (Å²) in [7, 11) is 0. The maximum Gasteiger partial charge on any atom is 0.294 e. The smallest absolute Gasteiger partial charge is 0.294 e. The Labute approximate surface area is 120 Å². The lowest BCUT2D eigenvalue weighted by molar-refractivity contribution is 0.0711. The average molecular weight is 288 g/mol. The van der Waals surface area contributed by atoms with Crippen molar-refractivity contribution in [3.8, 4) is 5.88 Å². The number of carbonyl (C=O) groups is 1. The molecule has 0 atom stereocenters. The van der Waals surface area contributed by atoms with Gasteiger partial charge in [0.2, 0.25) is 5.88 Å². The molecule has 2 heterocycles. The fourth-order valence-corrected chi connectivity index (χ4v) is 2.79. The Morgan fingerprint density at radius 3 is 2.33 bits per heavy atom. The fraction of sp³-hybridized carbons (Fsp3) is 0.333. The van der Waals surface area contributed by atoms with E-state index in [-0.39, 0.29) is 21.6 Å². The fourth-order valence-electron chi connectivity index (χ4n) is 2.79. The minimum absolute atomic E-state index is 0.0189. The monoisotopic (exact) mass is 288 g/mol. The second kappa shape index (κ2) is 5.12. The normalized spacial score (nSPS) is 15.3. The van der Waals surface area contributed by atoms with E-state index < -0.39 is 11.4 Å². The summed E-state index contributed by atoms with van der Waals surface area (Å²) >= 11 is 0. The Hall–Kier alpha value is -2.50. The number of hydrogen-bond acceptors (Lipinski definition) is 4. The second-order valence-electron chi connectivity index (χ2n) is 5.21. The number of nitrogens with zero attached hydrogens (tertiary/aromatic N) is 2. The number of fused-ring (bicyclic) bond motifs is 1. The van der Waals surface area contributed by atoms with Crippen molar-refractivity contribution in [1.29, 1.82) is 0 Å². The third-order valence-electron chi connectivity index (χ3n) is 3.90. The quantitative estimate of drug-likeness (QED) is 0.780. The van der Waals surface area contributed by atoms with Crippen LogP contribution < -0.4 is 5.56 Å². The summed E-state index contributed by atoms with van der Waals surface area (Å²) in [4.78, 5) is 26.2. The highest BCUT2D eigenvalue weighted by molar-refractivity contribution is 6.08. The van der Waals surface area contributed by atoms with Crippen molar-refractivity contribution in [2.24, 2.45) is 0 Å². The Morgan fingerprint density at radius 2 is 1.67 bits per heavy atom. The largest absolute Gasteiger partial charge is 0.492 e. The van der Waals surface area contributed by atoms with Crippen molar-refractivity contribution >= 4 is 16.7 Å². The Balaban J connectivity index is 2.21. The van der Waals surface area contributed by atoms with Crippen LogP contribution in [0.4, 0.5) is 0 Å². The van der Waals surface area contributed by atoms with Crippen molar-refractivity contribution in [2.75, 3.05) is 13.1 Å². The SMILES string of the molecule is O=C(c1c(O)n(O)c(=O)c2ccccc12)N1CCCCC1. The van der Waals surface area contributed by atoms with Crippen molar-refractivity contribution in [3.05, 3.63) is 40.2 Å². The van der Waals surface area contributed by atoms with Gasteiger partial charge in [0.05, 0.1) is 5.39 Å². The topological polar surface area (TPSA) is 82.8 Å². The molecule has 1 aliphatic heterocycles. The maximum absolute atomic E-state index is 12.6. The molecule has 21 heavy (non-hydrogen) atoms. The average Bonchev–Trinajstić information content (AvgIpc) is 2.53. The van der Waals surface area contributed by atoms with E-state index in [0.717, 1.165) is 19.3 Å². The highest BCUT2D eigenvalue weighted by Gasteiger charge is 2.26. The summed E-state index contributed by atoms with van der Waals surface area (Å²) in [6.07, 6.45) is 2.92. The molecule has 1 aromatic carbocycles. The first kappa shape index (κ1) is 13.5. The van der Waals surface area contributed by atoms with Gasteiger partial charge in [0.15, 0.2) is 0 Å². The van der Waals surface area contributed by atoms with Crippen molar-refractivity contribution in [1.82, 2.24) is 9.63 Å². The van der Waals surface area contributed by atoms with Crippen molar-refractivity contribution in [3.63, 3.8) is 0 Å². The summed E-state index contributed by atoms with van der Waals surface area (Å²) in [5.74, 6) is -1.06. The number of aromatic nitrogens is 1. The van der Waals surface area contributed by atoms with Gasteiger partial charge in [-0.15, -0.1) is 4.73 Å². The lowest BCUT2D eigenvalue weighted by Crippen LogP contribution is -2.36. The number of carbonyl (C=O) groups excluding carboxylic acids is 1. The third-order valence-corrected chi connectivity index (χ3v) is 3.90. The van der Waals surface area contributed by atoms with Gasteiger partial charge >= 0.3 is 0 Å². The molecule has 6 nitrogen and oxygen atoms in total. The molecule has 0 aliphatic carbocycles. The van der Waals surface area contributed by atoms with E-state index in [9.17, 15) is 19.9 Å². The van der Waals surface area contributed by atoms with Crippen LogP contribution in [0.2, 0.25) is 0 Å². The third kappa shape index (κ3) is 2.12. The van der Waals surface area contributed by atoms with E-state index in [1.807, 2.05) is 0 Å². The van der Waals surface area contributed by atoms with Crippen LogP contribution in [0.25, 0.3) is 10.8 Å². The Bertz CT molecular complexity index is 760. The molecular weight excluding hydrogens is 272 g/mol. The molecule has 110 valence electrons. The van der Waals surface area contributed by atoms with Crippen molar-refractivity contribution < 1.29 is 15.1 Å². The van der Waals surface area contributed by atoms with Crippen molar-refractivity contribution in [2.45, 2.75) is 19.3 Å². The number of hydrogen-bond donors (Lipinski definition) is 2. The van der Waals surface area contributed by atoms with E-state index in [0.29, 0.717) is 18.5 Å². The van der Waals surface area contributed by atoms with E-state index in [1.54, 1.807) is 23.1 Å². The van der Waals surface area contributed by atoms with Gasteiger partial charge in [0.25, 0.3) is 11.5 Å². The molecule has 0 unspecified atom stereocenters. The van der Waals surface area contributed by atoms with E-state index >= 15 is 0 Å². The van der Waals surface area contributed by atoms with Crippen LogP contribution in [-0.4, -0.2) is 38.9 Å². The highest BCUT2D eigenvalue weighted by atomic mass is 16.5. The van der Waals surface area contributed by atoms with Gasteiger partial charge in [-0.2, -0.15) is 0 Å². The van der Waals surface area contributed by atoms with Crippen LogP contribution in [0.3, 0.4) is 0 Å². The first-order valence-corrected chi connectivity index (χ1v) is 6.96. The first-order chi connectivity index (χ1) is 10.1. The van der Waals surface area contributed by atoms with Crippen LogP contribution >= 0.6 is 0 Å². The predicted molar refractivity (Wildman–Crippen MR) is 76.8 cm³/mol. The molecule has 0 spiro atoms. The van der Waals surface area contributed by atoms with Crippen LogP contribution in [0.5, 0.6) is 5.88 Å². The molecule has 1 aliphatic rings. The zero-order valence-electron chi connectivity index (χ0n) is 11.5. The van der Waals surface area contributed by atoms with E-state index in [4.69, 9.17) is 0 Å². The van der Waals surface area contributed by atoms with Gasteiger partial charge in [-0.1, -0.05) is 18.2 Å². The number of piperidine rings is 1. The van der Waals surface area contributed by atoms with Gasteiger partial charge in [0, 0.05) is 18.5 Å². The van der Waals surface area contributed by atoms with Crippen LogP contribution in [0.1, 0.15) is 29.6 Å². The van der Waals surface area contributed by atoms with Gasteiger partial charge in [-0.3, -0.25) is 9.59 Å².